The zero-order valence-corrected chi connectivity index (χ0v) is 9.41. The predicted molar refractivity (Wildman–Crippen MR) is 60.7 cm³/mol. The molecule has 7 nitrogen and oxygen atoms in total. The standard InChI is InChI=1S/C10H11N5O2/c1-6-5-8(13-10(11)12-6)17-7-3-4-9(16)15(2)14-7/h3-5H,1-2H3,(H2,11,12,13). The van der Waals surface area contributed by atoms with Gasteiger partial charge in [0.05, 0.1) is 0 Å². The summed E-state index contributed by atoms with van der Waals surface area (Å²) in [5.74, 6) is 0.690. The average Bonchev–Trinajstić information content (AvgIpc) is 2.22. The first-order valence-corrected chi connectivity index (χ1v) is 4.88. The van der Waals surface area contributed by atoms with Crippen LogP contribution in [-0.4, -0.2) is 19.7 Å². The third kappa shape index (κ3) is 2.57. The van der Waals surface area contributed by atoms with Gasteiger partial charge in [0.15, 0.2) is 0 Å². The van der Waals surface area contributed by atoms with E-state index in [0.717, 1.165) is 0 Å². The van der Waals surface area contributed by atoms with Crippen LogP contribution in [0.4, 0.5) is 5.95 Å². The van der Waals surface area contributed by atoms with Gasteiger partial charge in [0, 0.05) is 30.9 Å². The normalized spacial score (nSPS) is 10.2. The molecule has 0 unspecified atom stereocenters. The monoisotopic (exact) mass is 233 g/mol. The molecule has 0 aliphatic rings. The van der Waals surface area contributed by atoms with Crippen LogP contribution >= 0.6 is 0 Å². The number of anilines is 1. The van der Waals surface area contributed by atoms with E-state index in [-0.39, 0.29) is 17.4 Å². The van der Waals surface area contributed by atoms with Crippen molar-refractivity contribution in [2.45, 2.75) is 6.92 Å². The van der Waals surface area contributed by atoms with Crippen molar-refractivity contribution in [1.29, 1.82) is 0 Å². The molecule has 0 aliphatic carbocycles. The Morgan fingerprint density at radius 1 is 1.29 bits per heavy atom. The molecule has 0 bridgehead atoms. The molecule has 7 heteroatoms. The number of hydrogen-bond donors (Lipinski definition) is 1. The van der Waals surface area contributed by atoms with E-state index in [4.69, 9.17) is 10.5 Å². The van der Waals surface area contributed by atoms with Gasteiger partial charge in [0.25, 0.3) is 5.56 Å². The van der Waals surface area contributed by atoms with Crippen LogP contribution in [0.2, 0.25) is 0 Å². The molecule has 17 heavy (non-hydrogen) atoms. The van der Waals surface area contributed by atoms with E-state index < -0.39 is 0 Å². The highest BCUT2D eigenvalue weighted by Crippen LogP contribution is 2.16. The quantitative estimate of drug-likeness (QED) is 0.798. The summed E-state index contributed by atoms with van der Waals surface area (Å²) in [5, 5.41) is 3.91. The number of aromatic nitrogens is 4. The molecule has 2 heterocycles. The molecular formula is C10H11N5O2. The Hall–Kier alpha value is -2.44. The second-order valence-electron chi connectivity index (χ2n) is 3.44. The lowest BCUT2D eigenvalue weighted by Crippen LogP contribution is -2.18. The minimum absolute atomic E-state index is 0.129. The summed E-state index contributed by atoms with van der Waals surface area (Å²) in [4.78, 5) is 18.9. The summed E-state index contributed by atoms with van der Waals surface area (Å²) in [7, 11) is 1.54. The SMILES string of the molecule is Cc1cc(Oc2ccc(=O)n(C)n2)nc(N)n1. The lowest BCUT2D eigenvalue weighted by Gasteiger charge is -2.05. The Kier molecular flexibility index (Phi) is 2.73. The summed E-state index contributed by atoms with van der Waals surface area (Å²) < 4.78 is 6.55. The molecule has 0 amide bonds. The first kappa shape index (κ1) is 11.1. The first-order chi connectivity index (χ1) is 8.04. The zero-order valence-electron chi connectivity index (χ0n) is 9.41. The van der Waals surface area contributed by atoms with Gasteiger partial charge in [-0.25, -0.2) is 9.67 Å². The maximum Gasteiger partial charge on any atom is 0.266 e. The number of aryl methyl sites for hydroxylation is 2. The average molecular weight is 233 g/mol. The van der Waals surface area contributed by atoms with Crippen molar-refractivity contribution in [3.05, 3.63) is 34.2 Å². The fourth-order valence-corrected chi connectivity index (χ4v) is 1.26. The third-order valence-electron chi connectivity index (χ3n) is 1.99. The smallest absolute Gasteiger partial charge is 0.266 e. The number of nitrogens with zero attached hydrogens (tertiary/aromatic N) is 4. The molecule has 0 spiro atoms. The number of ether oxygens (including phenoxy) is 1. The second kappa shape index (κ2) is 4.20. The van der Waals surface area contributed by atoms with E-state index in [9.17, 15) is 4.79 Å². The minimum atomic E-state index is -0.212. The van der Waals surface area contributed by atoms with Crippen LogP contribution in [-0.2, 0) is 7.05 Å². The van der Waals surface area contributed by atoms with E-state index in [1.54, 1.807) is 13.0 Å². The van der Waals surface area contributed by atoms with Gasteiger partial charge in [-0.15, -0.1) is 5.10 Å². The Morgan fingerprint density at radius 3 is 2.71 bits per heavy atom. The molecule has 0 aliphatic heterocycles. The van der Waals surface area contributed by atoms with E-state index in [1.807, 2.05) is 0 Å². The van der Waals surface area contributed by atoms with Crippen molar-refractivity contribution in [2.24, 2.45) is 7.05 Å². The predicted octanol–water partition coefficient (Wildman–Crippen LogP) is 0.253. The topological polar surface area (TPSA) is 95.9 Å². The van der Waals surface area contributed by atoms with Gasteiger partial charge >= 0.3 is 0 Å². The van der Waals surface area contributed by atoms with Crippen LogP contribution in [0.15, 0.2) is 23.0 Å². The van der Waals surface area contributed by atoms with Crippen molar-refractivity contribution in [1.82, 2.24) is 19.7 Å². The molecule has 2 aromatic heterocycles. The Morgan fingerprint density at radius 2 is 2.06 bits per heavy atom. The number of hydrogen-bond acceptors (Lipinski definition) is 6. The van der Waals surface area contributed by atoms with Crippen molar-refractivity contribution in [2.75, 3.05) is 5.73 Å². The van der Waals surface area contributed by atoms with Crippen LogP contribution in [0.25, 0.3) is 0 Å². The van der Waals surface area contributed by atoms with Gasteiger partial charge in [-0.05, 0) is 6.92 Å². The van der Waals surface area contributed by atoms with E-state index in [2.05, 4.69) is 15.1 Å². The molecule has 0 saturated carbocycles. The van der Waals surface area contributed by atoms with Gasteiger partial charge < -0.3 is 10.5 Å². The molecule has 88 valence electrons. The van der Waals surface area contributed by atoms with Crippen LogP contribution in [0.1, 0.15) is 5.69 Å². The molecule has 2 N–H and O–H groups in total. The largest absolute Gasteiger partial charge is 0.419 e. The Balaban J connectivity index is 2.31. The minimum Gasteiger partial charge on any atom is -0.419 e. The summed E-state index contributed by atoms with van der Waals surface area (Å²) >= 11 is 0. The van der Waals surface area contributed by atoms with Crippen LogP contribution in [0.5, 0.6) is 11.8 Å². The highest BCUT2D eigenvalue weighted by atomic mass is 16.5. The Labute approximate surface area is 96.9 Å². The van der Waals surface area contributed by atoms with E-state index >= 15 is 0 Å². The second-order valence-corrected chi connectivity index (χ2v) is 3.44. The Bertz CT molecular complexity index is 588. The van der Waals surface area contributed by atoms with Crippen molar-refractivity contribution in [3.8, 4) is 11.8 Å². The number of rotatable bonds is 2. The first-order valence-electron chi connectivity index (χ1n) is 4.88. The lowest BCUT2D eigenvalue weighted by atomic mass is 10.4. The van der Waals surface area contributed by atoms with Crippen LogP contribution in [0, 0.1) is 6.92 Å². The van der Waals surface area contributed by atoms with Crippen LogP contribution in [0.3, 0.4) is 0 Å². The maximum absolute atomic E-state index is 11.1. The van der Waals surface area contributed by atoms with Gasteiger partial charge in [-0.1, -0.05) is 0 Å². The molecule has 0 aromatic carbocycles. The van der Waals surface area contributed by atoms with Crippen molar-refractivity contribution < 1.29 is 4.74 Å². The highest BCUT2D eigenvalue weighted by Gasteiger charge is 2.04. The molecule has 2 aromatic rings. The molecular weight excluding hydrogens is 222 g/mol. The third-order valence-corrected chi connectivity index (χ3v) is 1.99. The van der Waals surface area contributed by atoms with Gasteiger partial charge in [0.2, 0.25) is 17.7 Å². The molecule has 0 fully saturated rings. The summed E-state index contributed by atoms with van der Waals surface area (Å²) in [6.07, 6.45) is 0. The molecule has 0 saturated heterocycles. The number of nitrogen functional groups attached to an aromatic ring is 1. The number of nitrogens with two attached hydrogens (primary N) is 1. The summed E-state index contributed by atoms with van der Waals surface area (Å²) in [6.45, 7) is 1.78. The molecule has 0 radical (unpaired) electrons. The lowest BCUT2D eigenvalue weighted by molar-refractivity contribution is 0.424. The van der Waals surface area contributed by atoms with Gasteiger partial charge in [-0.2, -0.15) is 4.98 Å². The summed E-state index contributed by atoms with van der Waals surface area (Å²) in [6, 6.07) is 4.46. The van der Waals surface area contributed by atoms with Crippen molar-refractivity contribution in [3.63, 3.8) is 0 Å². The van der Waals surface area contributed by atoms with Crippen molar-refractivity contribution >= 4 is 5.95 Å². The van der Waals surface area contributed by atoms with E-state index in [0.29, 0.717) is 11.6 Å². The summed E-state index contributed by atoms with van der Waals surface area (Å²) in [5.41, 5.74) is 5.97. The van der Waals surface area contributed by atoms with Gasteiger partial charge in [-0.3, -0.25) is 4.79 Å². The fourth-order valence-electron chi connectivity index (χ4n) is 1.26. The highest BCUT2D eigenvalue weighted by molar-refractivity contribution is 5.27. The molecule has 0 atom stereocenters. The maximum atomic E-state index is 11.1. The van der Waals surface area contributed by atoms with Crippen LogP contribution < -0.4 is 16.0 Å². The zero-order chi connectivity index (χ0) is 12.4. The molecule has 2 rings (SSSR count). The fraction of sp³-hybridized carbons (Fsp3) is 0.200. The van der Waals surface area contributed by atoms with E-state index in [1.165, 1.54) is 23.9 Å². The van der Waals surface area contributed by atoms with Gasteiger partial charge in [0.1, 0.15) is 0 Å².